The zero-order valence-electron chi connectivity index (χ0n) is 13.9. The van der Waals surface area contributed by atoms with Gasteiger partial charge in [0.25, 0.3) is 5.91 Å². The summed E-state index contributed by atoms with van der Waals surface area (Å²) >= 11 is 0. The summed E-state index contributed by atoms with van der Waals surface area (Å²) in [7, 11) is 1.08. The third kappa shape index (κ3) is 3.28. The van der Waals surface area contributed by atoms with E-state index in [0.717, 1.165) is 7.05 Å². The Kier molecular flexibility index (Phi) is 5.39. The maximum Gasteiger partial charge on any atom is 0.460 e. The van der Waals surface area contributed by atoms with Crippen molar-refractivity contribution in [2.45, 2.75) is 23.6 Å². The molecular formula is C16H12F9NO2. The number of ether oxygens (including phenoxy) is 1. The van der Waals surface area contributed by atoms with Crippen molar-refractivity contribution in [3.63, 3.8) is 0 Å². The van der Waals surface area contributed by atoms with Crippen molar-refractivity contribution in [3.8, 4) is 5.75 Å². The number of benzene rings is 1. The van der Waals surface area contributed by atoms with E-state index in [9.17, 15) is 44.3 Å². The van der Waals surface area contributed by atoms with Crippen molar-refractivity contribution in [1.29, 1.82) is 0 Å². The molecule has 0 saturated heterocycles. The third-order valence-corrected chi connectivity index (χ3v) is 4.03. The van der Waals surface area contributed by atoms with E-state index in [1.165, 1.54) is 0 Å². The molecule has 0 saturated carbocycles. The van der Waals surface area contributed by atoms with Gasteiger partial charge >= 0.3 is 18.0 Å². The number of hydrogen-bond acceptors (Lipinski definition) is 2. The maximum atomic E-state index is 13.9. The minimum atomic E-state index is -6.56. The number of carbonyl (C=O) groups is 1. The Labute approximate surface area is 152 Å². The molecule has 156 valence electrons. The molecule has 0 unspecified atom stereocenters. The van der Waals surface area contributed by atoms with E-state index < -0.39 is 65.3 Å². The third-order valence-electron chi connectivity index (χ3n) is 4.03. The molecule has 3 nitrogen and oxygen atoms in total. The molecule has 1 aromatic carbocycles. The summed E-state index contributed by atoms with van der Waals surface area (Å²) in [6.45, 7) is -2.93. The summed E-state index contributed by atoms with van der Waals surface area (Å²) in [5, 5.41) is 2.05. The molecule has 0 aromatic heterocycles. The van der Waals surface area contributed by atoms with Gasteiger partial charge in [0.15, 0.2) is 5.60 Å². The monoisotopic (exact) mass is 421 g/mol. The normalized spacial score (nSPS) is 16.7. The number of carbonyl (C=O) groups excluding carboxylic acids is 1. The fourth-order valence-corrected chi connectivity index (χ4v) is 2.46. The van der Waals surface area contributed by atoms with Gasteiger partial charge in [0, 0.05) is 18.2 Å². The van der Waals surface area contributed by atoms with Crippen LogP contribution >= 0.6 is 0 Å². The Balaban J connectivity index is 2.66. The summed E-state index contributed by atoms with van der Waals surface area (Å²) in [5.41, 5.74) is -5.27. The molecule has 0 bridgehead atoms. The second-order valence-electron chi connectivity index (χ2n) is 5.93. The second kappa shape index (κ2) is 6.89. The van der Waals surface area contributed by atoms with Crippen LogP contribution in [0.3, 0.4) is 0 Å². The Hall–Kier alpha value is -2.40. The van der Waals surface area contributed by atoms with E-state index in [1.54, 1.807) is 0 Å². The molecule has 0 spiro atoms. The quantitative estimate of drug-likeness (QED) is 0.725. The van der Waals surface area contributed by atoms with Crippen molar-refractivity contribution >= 4 is 11.5 Å². The van der Waals surface area contributed by atoms with Gasteiger partial charge in [-0.25, -0.2) is 8.78 Å². The van der Waals surface area contributed by atoms with Gasteiger partial charge in [-0.2, -0.15) is 30.7 Å². The lowest BCUT2D eigenvalue weighted by Gasteiger charge is -2.33. The number of alkyl halides is 9. The van der Waals surface area contributed by atoms with E-state index in [-0.39, 0.29) is 12.1 Å². The lowest BCUT2D eigenvalue weighted by Crippen LogP contribution is -2.50. The topological polar surface area (TPSA) is 38.3 Å². The van der Waals surface area contributed by atoms with E-state index in [1.807, 2.05) is 0 Å². The highest BCUT2D eigenvalue weighted by Crippen LogP contribution is 2.52. The highest BCUT2D eigenvalue weighted by molar-refractivity contribution is 6.20. The minimum Gasteiger partial charge on any atom is -0.477 e. The van der Waals surface area contributed by atoms with Gasteiger partial charge in [-0.1, -0.05) is 0 Å². The number of nitrogens with one attached hydrogen (secondary N) is 1. The largest absolute Gasteiger partial charge is 0.477 e. The molecule has 1 heterocycles. The minimum absolute atomic E-state index is 0.191. The van der Waals surface area contributed by atoms with Crippen molar-refractivity contribution in [2.75, 3.05) is 20.4 Å². The van der Waals surface area contributed by atoms with E-state index in [4.69, 9.17) is 4.74 Å². The molecule has 0 atom stereocenters. The van der Waals surface area contributed by atoms with Gasteiger partial charge < -0.3 is 10.1 Å². The fraction of sp³-hybridized carbons (Fsp3) is 0.438. The summed E-state index contributed by atoms with van der Waals surface area (Å²) < 4.78 is 123. The molecule has 0 radical (unpaired) electrons. The number of amides is 1. The Morgan fingerprint density at radius 2 is 1.64 bits per heavy atom. The van der Waals surface area contributed by atoms with Crippen LogP contribution in [0.1, 0.15) is 11.1 Å². The van der Waals surface area contributed by atoms with Crippen LogP contribution in [0.2, 0.25) is 0 Å². The zero-order chi connectivity index (χ0) is 21.5. The summed E-state index contributed by atoms with van der Waals surface area (Å²) in [4.78, 5) is 12.0. The standard InChI is InChI=1S/C16H12F9NO2/c1-26-12(27)10-5-13(6-17,7-18)28-11-3-2-8(4-9(10)11)14(19,20)15(21,22)16(23,24)25/h2-5H,6-7H2,1H3,(H,26,27). The van der Waals surface area contributed by atoms with Crippen LogP contribution in [0.15, 0.2) is 24.3 Å². The van der Waals surface area contributed by atoms with Crippen molar-refractivity contribution < 1.29 is 49.0 Å². The number of halogens is 9. The lowest BCUT2D eigenvalue weighted by atomic mass is 9.90. The maximum absolute atomic E-state index is 13.9. The van der Waals surface area contributed by atoms with Crippen LogP contribution in [0, 0.1) is 0 Å². The van der Waals surface area contributed by atoms with E-state index in [2.05, 4.69) is 5.32 Å². The van der Waals surface area contributed by atoms with Gasteiger partial charge in [-0.3, -0.25) is 4.79 Å². The lowest BCUT2D eigenvalue weighted by molar-refractivity contribution is -0.359. The SMILES string of the molecule is CNC(=O)C1=CC(CF)(CF)Oc2ccc(C(F)(F)C(F)(F)C(F)(F)F)cc21. The van der Waals surface area contributed by atoms with Gasteiger partial charge in [0.1, 0.15) is 19.1 Å². The van der Waals surface area contributed by atoms with Gasteiger partial charge in [0.2, 0.25) is 0 Å². The Bertz CT molecular complexity index is 798. The van der Waals surface area contributed by atoms with Crippen LogP contribution in [0.4, 0.5) is 39.5 Å². The molecular weight excluding hydrogens is 409 g/mol. The summed E-state index contributed by atoms with van der Waals surface area (Å²) in [5.74, 6) is -13.7. The van der Waals surface area contributed by atoms with Gasteiger partial charge in [-0.15, -0.1) is 0 Å². The Morgan fingerprint density at radius 1 is 1.07 bits per heavy atom. The predicted octanol–water partition coefficient (Wildman–Crippen LogP) is 4.18. The molecule has 28 heavy (non-hydrogen) atoms. The molecule has 1 aliphatic heterocycles. The number of rotatable bonds is 5. The van der Waals surface area contributed by atoms with Crippen LogP contribution < -0.4 is 10.1 Å². The number of fused-ring (bicyclic) bond motifs is 1. The molecule has 12 heteroatoms. The highest BCUT2D eigenvalue weighted by Gasteiger charge is 2.73. The summed E-state index contributed by atoms with van der Waals surface area (Å²) in [6.07, 6.45) is -5.93. The fourth-order valence-electron chi connectivity index (χ4n) is 2.46. The van der Waals surface area contributed by atoms with Gasteiger partial charge in [0.05, 0.1) is 5.57 Å². The molecule has 1 aliphatic rings. The molecule has 0 fully saturated rings. The first-order valence-corrected chi connectivity index (χ1v) is 7.49. The second-order valence-corrected chi connectivity index (χ2v) is 5.93. The summed E-state index contributed by atoms with van der Waals surface area (Å²) in [6, 6.07) is 0.935. The molecule has 2 rings (SSSR count). The first-order chi connectivity index (χ1) is 12.8. The van der Waals surface area contributed by atoms with E-state index in [0.29, 0.717) is 12.1 Å². The molecule has 1 amide bonds. The van der Waals surface area contributed by atoms with Crippen LogP contribution in [-0.4, -0.2) is 44.0 Å². The Morgan fingerprint density at radius 3 is 2.11 bits per heavy atom. The predicted molar refractivity (Wildman–Crippen MR) is 78.7 cm³/mol. The van der Waals surface area contributed by atoms with Crippen LogP contribution in [0.25, 0.3) is 5.57 Å². The first kappa shape index (κ1) is 21.9. The van der Waals surface area contributed by atoms with Crippen molar-refractivity contribution in [2.24, 2.45) is 0 Å². The van der Waals surface area contributed by atoms with Gasteiger partial charge in [-0.05, 0) is 24.3 Å². The van der Waals surface area contributed by atoms with Crippen LogP contribution in [-0.2, 0) is 10.7 Å². The molecule has 1 aromatic rings. The zero-order valence-corrected chi connectivity index (χ0v) is 13.9. The van der Waals surface area contributed by atoms with Crippen molar-refractivity contribution in [1.82, 2.24) is 5.32 Å². The molecule has 0 aliphatic carbocycles. The first-order valence-electron chi connectivity index (χ1n) is 7.49. The smallest absolute Gasteiger partial charge is 0.460 e. The van der Waals surface area contributed by atoms with Crippen molar-refractivity contribution in [3.05, 3.63) is 35.4 Å². The van der Waals surface area contributed by atoms with Crippen LogP contribution in [0.5, 0.6) is 5.75 Å². The van der Waals surface area contributed by atoms with E-state index >= 15 is 0 Å². The average molecular weight is 421 g/mol. The molecule has 1 N–H and O–H groups in total. The highest BCUT2D eigenvalue weighted by atomic mass is 19.4. The number of likely N-dealkylation sites (N-methyl/N-ethyl adjacent to an activating group) is 1. The number of hydrogen-bond donors (Lipinski definition) is 1. The average Bonchev–Trinajstić information content (AvgIpc) is 2.64.